The predicted octanol–water partition coefficient (Wildman–Crippen LogP) is 4.84. The summed E-state index contributed by atoms with van der Waals surface area (Å²) in [5.74, 6) is 0.257. The van der Waals surface area contributed by atoms with Crippen molar-refractivity contribution in [2.24, 2.45) is 5.92 Å². The third-order valence-electron chi connectivity index (χ3n) is 4.32. The lowest BCUT2D eigenvalue weighted by Gasteiger charge is -2.47. The first-order chi connectivity index (χ1) is 10.3. The molecule has 1 aliphatic carbocycles. The number of hydroxylamine groups is 2. The van der Waals surface area contributed by atoms with Gasteiger partial charge >= 0.3 is 0 Å². The normalized spacial score (nSPS) is 23.4. The minimum Gasteiger partial charge on any atom is -0.378 e. The Balaban J connectivity index is 2.24. The first-order valence-corrected chi connectivity index (χ1v) is 7.72. The Morgan fingerprint density at radius 3 is 2.32 bits per heavy atom. The number of carbonyl (C=O) groups is 1. The topological polar surface area (TPSA) is 29.5 Å². The lowest BCUT2D eigenvalue weighted by atomic mass is 9.57. The van der Waals surface area contributed by atoms with Crippen molar-refractivity contribution in [1.29, 1.82) is 0 Å². The number of benzene rings is 1. The second-order valence-electron chi connectivity index (χ2n) is 6.18. The highest BCUT2D eigenvalue weighted by Crippen LogP contribution is 2.49. The molecule has 1 aliphatic rings. The van der Waals surface area contributed by atoms with Crippen LogP contribution in [0.5, 0.6) is 0 Å². The van der Waals surface area contributed by atoms with Gasteiger partial charge in [-0.2, -0.15) is 0 Å². The Hall–Kier alpha value is -1.74. The second kappa shape index (κ2) is 6.17. The third kappa shape index (κ3) is 3.05. The average molecular weight is 320 g/mol. The Labute approximate surface area is 137 Å². The Morgan fingerprint density at radius 1 is 1.32 bits per heavy atom. The fraction of sp³-hybridized carbons (Fsp3) is 0.389. The van der Waals surface area contributed by atoms with Gasteiger partial charge in [0.25, 0.3) is 5.91 Å². The minimum atomic E-state index is -0.201. The fourth-order valence-corrected chi connectivity index (χ4v) is 3.03. The molecule has 1 aromatic rings. The van der Waals surface area contributed by atoms with Crippen LogP contribution in [-0.2, 0) is 15.0 Å². The monoisotopic (exact) mass is 319 g/mol. The molecule has 0 saturated heterocycles. The molecule has 0 spiro atoms. The zero-order valence-electron chi connectivity index (χ0n) is 13.4. The van der Waals surface area contributed by atoms with Crippen molar-refractivity contribution in [3.8, 4) is 0 Å². The van der Waals surface area contributed by atoms with Crippen LogP contribution in [0, 0.1) is 5.92 Å². The van der Waals surface area contributed by atoms with Gasteiger partial charge < -0.3 is 4.84 Å². The van der Waals surface area contributed by atoms with Gasteiger partial charge in [-0.05, 0) is 44.4 Å². The average Bonchev–Trinajstić information content (AvgIpc) is 2.43. The second-order valence-corrected chi connectivity index (χ2v) is 6.61. The molecule has 1 amide bonds. The molecule has 0 radical (unpaired) electrons. The van der Waals surface area contributed by atoms with Gasteiger partial charge in [-0.3, -0.25) is 4.79 Å². The Morgan fingerprint density at radius 2 is 1.91 bits per heavy atom. The van der Waals surface area contributed by atoms with Crippen LogP contribution in [-0.4, -0.2) is 11.0 Å². The van der Waals surface area contributed by atoms with Crippen LogP contribution in [0.1, 0.15) is 39.2 Å². The van der Waals surface area contributed by atoms with Crippen LogP contribution < -0.4 is 0 Å². The molecular weight excluding hydrogens is 298 g/mol. The molecule has 1 aromatic carbocycles. The van der Waals surface area contributed by atoms with Gasteiger partial charge in [0, 0.05) is 10.4 Å². The molecule has 4 heteroatoms. The highest BCUT2D eigenvalue weighted by Gasteiger charge is 2.50. The summed E-state index contributed by atoms with van der Waals surface area (Å²) in [5, 5.41) is 1.96. The van der Waals surface area contributed by atoms with Crippen LogP contribution in [0.25, 0.3) is 0 Å². The predicted molar refractivity (Wildman–Crippen MR) is 89.1 cm³/mol. The van der Waals surface area contributed by atoms with Crippen LogP contribution in [0.15, 0.2) is 48.9 Å². The van der Waals surface area contributed by atoms with E-state index in [9.17, 15) is 4.79 Å². The highest BCUT2D eigenvalue weighted by molar-refractivity contribution is 6.30. The Kier molecular flexibility index (Phi) is 4.66. The number of halogens is 1. The minimum absolute atomic E-state index is 0.0702. The molecule has 1 fully saturated rings. The maximum Gasteiger partial charge on any atom is 0.263 e. The molecule has 22 heavy (non-hydrogen) atoms. The number of allylic oxidation sites excluding steroid dienone is 2. The standard InChI is InChI=1S/C18H22ClNO2/c1-12(2)20(22-13(3)4)17(21)16-10-11-18(16,5)14-6-8-15(19)9-7-14/h6-9,16H,1,3,10-11H2,2,4-5H3. The van der Waals surface area contributed by atoms with E-state index < -0.39 is 0 Å². The van der Waals surface area contributed by atoms with Crippen molar-refractivity contribution >= 4 is 17.5 Å². The molecule has 2 unspecified atom stereocenters. The summed E-state index contributed by atoms with van der Waals surface area (Å²) >= 11 is 5.95. The van der Waals surface area contributed by atoms with Gasteiger partial charge in [-0.25, -0.2) is 0 Å². The maximum atomic E-state index is 12.8. The molecule has 0 N–H and O–H groups in total. The molecular formula is C18H22ClNO2. The van der Waals surface area contributed by atoms with Crippen molar-refractivity contribution in [1.82, 2.24) is 5.06 Å². The quantitative estimate of drug-likeness (QED) is 0.574. The van der Waals surface area contributed by atoms with Crippen molar-refractivity contribution in [3.05, 3.63) is 59.5 Å². The summed E-state index contributed by atoms with van der Waals surface area (Å²) in [6, 6.07) is 7.71. The number of carbonyl (C=O) groups excluding carboxylic acids is 1. The smallest absolute Gasteiger partial charge is 0.263 e. The molecule has 2 atom stereocenters. The molecule has 0 aromatic heterocycles. The van der Waals surface area contributed by atoms with Crippen molar-refractivity contribution < 1.29 is 9.63 Å². The van der Waals surface area contributed by atoms with Crippen LogP contribution >= 0.6 is 11.6 Å². The number of hydrogen-bond acceptors (Lipinski definition) is 2. The maximum absolute atomic E-state index is 12.8. The first-order valence-electron chi connectivity index (χ1n) is 7.34. The molecule has 3 nitrogen and oxygen atoms in total. The summed E-state index contributed by atoms with van der Waals surface area (Å²) in [4.78, 5) is 18.3. The van der Waals surface area contributed by atoms with Gasteiger partial charge in [0.15, 0.2) is 0 Å². The third-order valence-corrected chi connectivity index (χ3v) is 4.57. The van der Waals surface area contributed by atoms with Crippen molar-refractivity contribution in [2.75, 3.05) is 0 Å². The van der Waals surface area contributed by atoms with Crippen molar-refractivity contribution in [2.45, 2.75) is 39.0 Å². The van der Waals surface area contributed by atoms with Gasteiger partial charge in [0.2, 0.25) is 0 Å². The molecule has 0 aliphatic heterocycles. The van der Waals surface area contributed by atoms with Gasteiger partial charge in [-0.15, -0.1) is 5.06 Å². The zero-order chi connectivity index (χ0) is 16.5. The molecule has 1 saturated carbocycles. The number of rotatable bonds is 5. The van der Waals surface area contributed by atoms with E-state index in [2.05, 4.69) is 20.1 Å². The van der Waals surface area contributed by atoms with E-state index in [4.69, 9.17) is 16.4 Å². The highest BCUT2D eigenvalue weighted by atomic mass is 35.5. The van der Waals surface area contributed by atoms with E-state index in [0.717, 1.165) is 18.4 Å². The van der Waals surface area contributed by atoms with Crippen LogP contribution in [0.3, 0.4) is 0 Å². The van der Waals surface area contributed by atoms with E-state index >= 15 is 0 Å². The summed E-state index contributed by atoms with van der Waals surface area (Å²) in [6.45, 7) is 13.1. The van der Waals surface area contributed by atoms with Crippen molar-refractivity contribution in [3.63, 3.8) is 0 Å². The lowest BCUT2D eigenvalue weighted by Crippen LogP contribution is -2.51. The van der Waals surface area contributed by atoms with Gasteiger partial charge in [-0.1, -0.05) is 43.8 Å². The molecule has 2 rings (SSSR count). The van der Waals surface area contributed by atoms with E-state index in [-0.39, 0.29) is 17.2 Å². The van der Waals surface area contributed by atoms with E-state index in [0.29, 0.717) is 16.5 Å². The van der Waals surface area contributed by atoms with E-state index in [1.807, 2.05) is 24.3 Å². The summed E-state index contributed by atoms with van der Waals surface area (Å²) in [6.07, 6.45) is 1.80. The summed E-state index contributed by atoms with van der Waals surface area (Å²) in [7, 11) is 0. The number of nitrogens with zero attached hydrogens (tertiary/aromatic N) is 1. The molecule has 118 valence electrons. The molecule has 0 bridgehead atoms. The number of hydrogen-bond donors (Lipinski definition) is 0. The fourth-order valence-electron chi connectivity index (χ4n) is 2.90. The van der Waals surface area contributed by atoms with Crippen LogP contribution in [0.2, 0.25) is 5.02 Å². The SMILES string of the molecule is C=C(C)ON(C(=C)C)C(=O)C1CCC1(C)c1ccc(Cl)cc1. The largest absolute Gasteiger partial charge is 0.378 e. The molecule has 0 heterocycles. The zero-order valence-corrected chi connectivity index (χ0v) is 14.1. The van der Waals surface area contributed by atoms with Gasteiger partial charge in [0.05, 0.1) is 11.6 Å². The number of amides is 1. The van der Waals surface area contributed by atoms with E-state index in [1.54, 1.807) is 13.8 Å². The summed E-state index contributed by atoms with van der Waals surface area (Å²) < 4.78 is 0. The first kappa shape index (κ1) is 16.6. The van der Waals surface area contributed by atoms with E-state index in [1.165, 1.54) is 5.06 Å². The lowest BCUT2D eigenvalue weighted by molar-refractivity contribution is -0.173. The Bertz CT molecular complexity index is 608. The van der Waals surface area contributed by atoms with Gasteiger partial charge in [0.1, 0.15) is 5.76 Å². The summed E-state index contributed by atoms with van der Waals surface area (Å²) in [5.41, 5.74) is 1.48. The van der Waals surface area contributed by atoms with Crippen LogP contribution in [0.4, 0.5) is 0 Å².